The highest BCUT2D eigenvalue weighted by atomic mass is 16.5. The van der Waals surface area contributed by atoms with Gasteiger partial charge >= 0.3 is 5.97 Å². The van der Waals surface area contributed by atoms with Gasteiger partial charge < -0.3 is 9.47 Å². The van der Waals surface area contributed by atoms with Crippen LogP contribution in [0.5, 0.6) is 0 Å². The van der Waals surface area contributed by atoms with Crippen molar-refractivity contribution in [3.05, 3.63) is 11.6 Å². The van der Waals surface area contributed by atoms with Crippen LogP contribution in [-0.2, 0) is 19.1 Å². The summed E-state index contributed by atoms with van der Waals surface area (Å²) in [6, 6.07) is 0. The van der Waals surface area contributed by atoms with Crippen LogP contribution in [0.15, 0.2) is 11.6 Å². The molecule has 2 aliphatic carbocycles. The molecule has 4 heteroatoms. The number of Topliss-reactive ketones (excluding diaryl/α,β-unsaturated/α-hetero) is 1. The third kappa shape index (κ3) is 1.71. The van der Waals surface area contributed by atoms with Crippen LogP contribution < -0.4 is 0 Å². The lowest BCUT2D eigenvalue weighted by Crippen LogP contribution is -2.29. The Balaban J connectivity index is 1.88. The first-order valence-corrected chi connectivity index (χ1v) is 6.14. The molecule has 1 saturated heterocycles. The van der Waals surface area contributed by atoms with Crippen LogP contribution in [0.3, 0.4) is 0 Å². The summed E-state index contributed by atoms with van der Waals surface area (Å²) in [6.07, 6.45) is 3.85. The standard InChI is InChI=1S/C13H16O4/c1-16-13(15)9-4-8-5-17-6-10(8)11(9)12(14)7-2-3-7/h4,7-8,10-11H,2-3,5-6H2,1H3/t8-,10+,11+/m0/s1. The minimum absolute atomic E-state index is 0.164. The van der Waals surface area contributed by atoms with Gasteiger partial charge in [0.15, 0.2) is 0 Å². The van der Waals surface area contributed by atoms with Crippen LogP contribution in [0.4, 0.5) is 0 Å². The van der Waals surface area contributed by atoms with E-state index in [0.717, 1.165) is 12.8 Å². The Labute approximate surface area is 100.0 Å². The predicted molar refractivity (Wildman–Crippen MR) is 59.1 cm³/mol. The predicted octanol–water partition coefficient (Wildman–Crippen LogP) is 0.957. The molecule has 0 N–H and O–H groups in total. The van der Waals surface area contributed by atoms with Crippen molar-refractivity contribution in [3.63, 3.8) is 0 Å². The highest BCUT2D eigenvalue weighted by molar-refractivity contribution is 6.00. The number of fused-ring (bicyclic) bond motifs is 1. The fraction of sp³-hybridized carbons (Fsp3) is 0.692. The van der Waals surface area contributed by atoms with Crippen molar-refractivity contribution in [1.82, 2.24) is 0 Å². The third-order valence-corrected chi connectivity index (χ3v) is 4.03. The van der Waals surface area contributed by atoms with Gasteiger partial charge in [0.1, 0.15) is 5.78 Å². The lowest BCUT2D eigenvalue weighted by atomic mass is 9.83. The molecule has 3 atom stereocenters. The Morgan fingerprint density at radius 3 is 2.76 bits per heavy atom. The molecule has 1 aliphatic heterocycles. The third-order valence-electron chi connectivity index (χ3n) is 4.03. The molecule has 2 fully saturated rings. The minimum atomic E-state index is -0.349. The highest BCUT2D eigenvalue weighted by Crippen LogP contribution is 2.45. The maximum atomic E-state index is 12.3. The molecule has 0 radical (unpaired) electrons. The van der Waals surface area contributed by atoms with E-state index in [1.807, 2.05) is 6.08 Å². The van der Waals surface area contributed by atoms with E-state index >= 15 is 0 Å². The normalized spacial score (nSPS) is 35.4. The van der Waals surface area contributed by atoms with Gasteiger partial charge in [-0.25, -0.2) is 4.79 Å². The molecule has 0 amide bonds. The second kappa shape index (κ2) is 3.95. The summed E-state index contributed by atoms with van der Waals surface area (Å²) in [5.74, 6) is 0.155. The van der Waals surface area contributed by atoms with Crippen molar-refractivity contribution in [2.75, 3.05) is 20.3 Å². The maximum Gasteiger partial charge on any atom is 0.334 e. The number of ether oxygens (including phenoxy) is 2. The molecule has 0 spiro atoms. The van der Waals surface area contributed by atoms with Gasteiger partial charge in [-0.3, -0.25) is 4.79 Å². The van der Waals surface area contributed by atoms with Crippen LogP contribution in [0, 0.1) is 23.7 Å². The zero-order chi connectivity index (χ0) is 12.0. The van der Waals surface area contributed by atoms with Gasteiger partial charge in [0.25, 0.3) is 0 Å². The van der Waals surface area contributed by atoms with E-state index in [1.165, 1.54) is 7.11 Å². The lowest BCUT2D eigenvalue weighted by molar-refractivity contribution is -0.138. The first-order valence-electron chi connectivity index (χ1n) is 6.14. The first kappa shape index (κ1) is 11.0. The Kier molecular flexibility index (Phi) is 2.54. The Morgan fingerprint density at radius 1 is 1.35 bits per heavy atom. The number of carbonyl (C=O) groups is 2. The van der Waals surface area contributed by atoms with E-state index in [0.29, 0.717) is 18.8 Å². The first-order chi connectivity index (χ1) is 8.22. The zero-order valence-corrected chi connectivity index (χ0v) is 9.85. The quantitative estimate of drug-likeness (QED) is 0.685. The summed E-state index contributed by atoms with van der Waals surface area (Å²) in [5, 5.41) is 0. The number of hydrogen-bond acceptors (Lipinski definition) is 4. The molecule has 0 unspecified atom stereocenters. The minimum Gasteiger partial charge on any atom is -0.466 e. The number of methoxy groups -OCH3 is 1. The van der Waals surface area contributed by atoms with Crippen molar-refractivity contribution in [2.45, 2.75) is 12.8 Å². The van der Waals surface area contributed by atoms with E-state index in [4.69, 9.17) is 9.47 Å². The highest BCUT2D eigenvalue weighted by Gasteiger charge is 2.50. The second-order valence-corrected chi connectivity index (χ2v) is 5.13. The molecule has 0 aromatic heterocycles. The molecule has 1 heterocycles. The van der Waals surface area contributed by atoms with Crippen molar-refractivity contribution < 1.29 is 19.1 Å². The Morgan fingerprint density at radius 2 is 2.12 bits per heavy atom. The lowest BCUT2D eigenvalue weighted by Gasteiger charge is -2.18. The molecule has 3 aliphatic rings. The fourth-order valence-electron chi connectivity index (χ4n) is 2.97. The number of rotatable bonds is 3. The van der Waals surface area contributed by atoms with E-state index in [2.05, 4.69) is 0 Å². The average Bonchev–Trinajstić information content (AvgIpc) is 2.97. The van der Waals surface area contributed by atoms with Crippen LogP contribution in [0.2, 0.25) is 0 Å². The van der Waals surface area contributed by atoms with Crippen LogP contribution in [0.25, 0.3) is 0 Å². The van der Waals surface area contributed by atoms with Crippen LogP contribution in [0.1, 0.15) is 12.8 Å². The maximum absolute atomic E-state index is 12.3. The van der Waals surface area contributed by atoms with Crippen molar-refractivity contribution in [3.8, 4) is 0 Å². The average molecular weight is 236 g/mol. The largest absolute Gasteiger partial charge is 0.466 e. The van der Waals surface area contributed by atoms with E-state index in [1.54, 1.807) is 0 Å². The van der Waals surface area contributed by atoms with Crippen molar-refractivity contribution in [2.24, 2.45) is 23.7 Å². The SMILES string of the molecule is COC(=O)C1=C[C@H]2COC[C@H]2[C@@H]1C(=O)C1CC1. The Hall–Kier alpha value is -1.16. The molecule has 17 heavy (non-hydrogen) atoms. The van der Waals surface area contributed by atoms with Crippen LogP contribution >= 0.6 is 0 Å². The van der Waals surface area contributed by atoms with Gasteiger partial charge in [0.2, 0.25) is 0 Å². The summed E-state index contributed by atoms with van der Waals surface area (Å²) < 4.78 is 10.2. The number of esters is 1. The van der Waals surface area contributed by atoms with Crippen molar-refractivity contribution >= 4 is 11.8 Å². The summed E-state index contributed by atoms with van der Waals surface area (Å²) >= 11 is 0. The van der Waals surface area contributed by atoms with Gasteiger partial charge in [-0.15, -0.1) is 0 Å². The smallest absolute Gasteiger partial charge is 0.334 e. The molecule has 1 saturated carbocycles. The zero-order valence-electron chi connectivity index (χ0n) is 9.85. The van der Waals surface area contributed by atoms with Gasteiger partial charge in [0.05, 0.1) is 26.2 Å². The van der Waals surface area contributed by atoms with E-state index < -0.39 is 0 Å². The molecule has 0 aromatic rings. The molecular formula is C13H16O4. The molecular weight excluding hydrogens is 220 g/mol. The summed E-state index contributed by atoms with van der Waals surface area (Å²) in [6.45, 7) is 1.21. The van der Waals surface area contributed by atoms with Gasteiger partial charge in [-0.1, -0.05) is 6.08 Å². The number of ketones is 1. The monoisotopic (exact) mass is 236 g/mol. The molecule has 3 rings (SSSR count). The summed E-state index contributed by atoms with van der Waals surface area (Å²) in [7, 11) is 1.37. The second-order valence-electron chi connectivity index (χ2n) is 5.13. The number of hydrogen-bond donors (Lipinski definition) is 0. The molecule has 0 aromatic carbocycles. The van der Waals surface area contributed by atoms with E-state index in [-0.39, 0.29) is 35.4 Å². The fourth-order valence-corrected chi connectivity index (χ4v) is 2.97. The topological polar surface area (TPSA) is 52.6 Å². The number of carbonyl (C=O) groups excluding carboxylic acids is 2. The van der Waals surface area contributed by atoms with Gasteiger partial charge in [-0.2, -0.15) is 0 Å². The molecule has 0 bridgehead atoms. The van der Waals surface area contributed by atoms with Crippen molar-refractivity contribution in [1.29, 1.82) is 0 Å². The van der Waals surface area contributed by atoms with Crippen LogP contribution in [-0.4, -0.2) is 32.1 Å². The Bertz CT molecular complexity index is 394. The van der Waals surface area contributed by atoms with Gasteiger partial charge in [0, 0.05) is 23.3 Å². The molecule has 4 nitrogen and oxygen atoms in total. The van der Waals surface area contributed by atoms with E-state index in [9.17, 15) is 9.59 Å². The molecule has 92 valence electrons. The summed E-state index contributed by atoms with van der Waals surface area (Å²) in [4.78, 5) is 24.0. The van der Waals surface area contributed by atoms with Gasteiger partial charge in [-0.05, 0) is 12.8 Å². The summed E-state index contributed by atoms with van der Waals surface area (Å²) in [5.41, 5.74) is 0.572.